The summed E-state index contributed by atoms with van der Waals surface area (Å²) in [7, 11) is 5.30. The van der Waals surface area contributed by atoms with Crippen LogP contribution in [0.3, 0.4) is 0 Å². The van der Waals surface area contributed by atoms with E-state index < -0.39 is 11.3 Å². The lowest BCUT2D eigenvalue weighted by molar-refractivity contribution is 0.1000. The summed E-state index contributed by atoms with van der Waals surface area (Å²) in [5.74, 6) is 0.840. The van der Waals surface area contributed by atoms with Crippen molar-refractivity contribution in [1.82, 2.24) is 19.4 Å². The molecule has 202 valence electrons. The molecule has 2 aromatic heterocycles. The van der Waals surface area contributed by atoms with Crippen LogP contribution >= 0.6 is 0 Å². The first-order valence-electron chi connectivity index (χ1n) is 12.6. The number of amides is 1. The van der Waals surface area contributed by atoms with E-state index >= 15 is 0 Å². The summed E-state index contributed by atoms with van der Waals surface area (Å²) in [6, 6.07) is 13.1. The van der Waals surface area contributed by atoms with Crippen molar-refractivity contribution in [2.75, 3.05) is 45.4 Å². The average molecular weight is 530 g/mol. The monoisotopic (exact) mass is 529 g/mol. The summed E-state index contributed by atoms with van der Waals surface area (Å²) >= 11 is 0. The van der Waals surface area contributed by atoms with Crippen LogP contribution < -0.4 is 31.7 Å². The lowest BCUT2D eigenvalue weighted by Gasteiger charge is -2.29. The predicted octanol–water partition coefficient (Wildman–Crippen LogP) is 3.03. The van der Waals surface area contributed by atoms with Gasteiger partial charge in [-0.25, -0.2) is 4.98 Å². The first kappa shape index (κ1) is 26.0. The smallest absolute Gasteiger partial charge is 0.256 e. The Hall–Kier alpha value is -4.64. The van der Waals surface area contributed by atoms with Crippen LogP contribution in [0.4, 0.5) is 17.5 Å². The topological polar surface area (TPSA) is 151 Å². The number of carbonyl (C=O) groups is 1. The number of nitrogens with one attached hydrogen (secondary N) is 1. The Balaban J connectivity index is 1.59. The second kappa shape index (κ2) is 10.6. The van der Waals surface area contributed by atoms with Crippen LogP contribution in [-0.2, 0) is 0 Å². The van der Waals surface area contributed by atoms with E-state index in [2.05, 4.69) is 33.3 Å². The van der Waals surface area contributed by atoms with Gasteiger partial charge < -0.3 is 31.2 Å². The number of anilines is 3. The molecule has 1 aliphatic heterocycles. The Morgan fingerprint density at radius 3 is 2.56 bits per heavy atom. The molecule has 39 heavy (non-hydrogen) atoms. The molecule has 0 unspecified atom stereocenters. The number of aromatic nitrogens is 3. The molecule has 1 amide bonds. The van der Waals surface area contributed by atoms with E-state index in [1.165, 1.54) is 23.4 Å². The molecule has 0 radical (unpaired) electrons. The van der Waals surface area contributed by atoms with Crippen molar-refractivity contribution in [2.45, 2.75) is 18.8 Å². The predicted molar refractivity (Wildman–Crippen MR) is 150 cm³/mol. The van der Waals surface area contributed by atoms with Gasteiger partial charge in [0.05, 0.1) is 31.0 Å². The maximum atomic E-state index is 13.1. The largest absolute Gasteiger partial charge is 0.497 e. The Morgan fingerprint density at radius 1 is 1.10 bits per heavy atom. The van der Waals surface area contributed by atoms with E-state index in [0.29, 0.717) is 28.8 Å². The van der Waals surface area contributed by atoms with Crippen molar-refractivity contribution in [1.29, 1.82) is 0 Å². The van der Waals surface area contributed by atoms with Crippen LogP contribution in [0.1, 0.15) is 34.7 Å². The summed E-state index contributed by atoms with van der Waals surface area (Å²) in [4.78, 5) is 36.6. The lowest BCUT2D eigenvalue weighted by Crippen LogP contribution is -2.29. The van der Waals surface area contributed by atoms with Gasteiger partial charge in [-0.05, 0) is 68.7 Å². The highest BCUT2D eigenvalue weighted by Crippen LogP contribution is 2.35. The van der Waals surface area contributed by atoms with E-state index in [1.807, 2.05) is 12.1 Å². The number of ether oxygens (including phenoxy) is 2. The van der Waals surface area contributed by atoms with Gasteiger partial charge in [0.25, 0.3) is 5.91 Å². The molecule has 0 saturated carbocycles. The van der Waals surface area contributed by atoms with Gasteiger partial charge >= 0.3 is 0 Å². The van der Waals surface area contributed by atoms with Crippen molar-refractivity contribution in [3.8, 4) is 17.2 Å². The summed E-state index contributed by atoms with van der Waals surface area (Å²) in [6.45, 7) is 2.13. The number of methoxy groups -OCH3 is 2. The third-order valence-electron chi connectivity index (χ3n) is 7.17. The van der Waals surface area contributed by atoms with Crippen LogP contribution in [0.25, 0.3) is 16.7 Å². The number of rotatable bonds is 7. The Bertz CT molecular complexity index is 1610. The van der Waals surface area contributed by atoms with Crippen molar-refractivity contribution in [2.24, 2.45) is 5.73 Å². The van der Waals surface area contributed by atoms with Crippen molar-refractivity contribution >= 4 is 34.4 Å². The second-order valence-electron chi connectivity index (χ2n) is 9.58. The van der Waals surface area contributed by atoms with Gasteiger partial charge in [-0.1, -0.05) is 12.1 Å². The van der Waals surface area contributed by atoms with Gasteiger partial charge in [-0.3, -0.25) is 14.2 Å². The van der Waals surface area contributed by atoms with Gasteiger partial charge in [-0.15, -0.1) is 0 Å². The highest BCUT2D eigenvalue weighted by atomic mass is 16.5. The number of hydrogen-bond acceptors (Lipinski definition) is 9. The van der Waals surface area contributed by atoms with Crippen molar-refractivity contribution in [3.05, 3.63) is 70.0 Å². The summed E-state index contributed by atoms with van der Waals surface area (Å²) in [6.07, 6.45) is 3.54. The molecule has 0 atom stereocenters. The average Bonchev–Trinajstić information content (AvgIpc) is 2.93. The summed E-state index contributed by atoms with van der Waals surface area (Å²) in [5, 5.41) is 3.30. The zero-order valence-corrected chi connectivity index (χ0v) is 22.1. The van der Waals surface area contributed by atoms with Gasteiger partial charge in [-0.2, -0.15) is 4.98 Å². The second-order valence-corrected chi connectivity index (χ2v) is 9.58. The SMILES string of the molecule is COc1cccc(-n2c(N)c(C(N)=O)c(=O)c3cnc(Nc4ccc(C5CCN(C)CC5)cc4OC)nc32)c1. The number of hydrogen-bond donors (Lipinski definition) is 3. The molecular weight excluding hydrogens is 498 g/mol. The molecule has 1 aliphatic rings. The van der Waals surface area contributed by atoms with Gasteiger partial charge in [0.1, 0.15) is 22.9 Å². The molecule has 4 aromatic rings. The van der Waals surface area contributed by atoms with Crippen LogP contribution in [0.15, 0.2) is 53.5 Å². The molecule has 5 N–H and O–H groups in total. The Labute approximate surface area is 225 Å². The van der Waals surface area contributed by atoms with Crippen molar-refractivity contribution < 1.29 is 14.3 Å². The summed E-state index contributed by atoms with van der Waals surface area (Å²) in [5.41, 5.74) is 13.5. The third kappa shape index (κ3) is 4.96. The van der Waals surface area contributed by atoms with E-state index in [9.17, 15) is 9.59 Å². The number of pyridine rings is 1. The van der Waals surface area contributed by atoms with Crippen LogP contribution in [-0.4, -0.2) is 59.7 Å². The minimum atomic E-state index is -0.937. The molecule has 0 aliphatic carbocycles. The highest BCUT2D eigenvalue weighted by molar-refractivity contribution is 6.01. The lowest BCUT2D eigenvalue weighted by atomic mass is 9.89. The zero-order valence-electron chi connectivity index (χ0n) is 22.1. The number of likely N-dealkylation sites (tertiary alicyclic amines) is 1. The summed E-state index contributed by atoms with van der Waals surface area (Å²) < 4.78 is 12.5. The number of primary amides is 1. The molecule has 0 spiro atoms. The quantitative estimate of drug-likeness (QED) is 0.328. The molecule has 1 fully saturated rings. The fourth-order valence-corrected chi connectivity index (χ4v) is 5.02. The fourth-order valence-electron chi connectivity index (χ4n) is 5.02. The van der Waals surface area contributed by atoms with Crippen LogP contribution in [0.2, 0.25) is 0 Å². The first-order chi connectivity index (χ1) is 18.8. The Morgan fingerprint density at radius 2 is 1.87 bits per heavy atom. The van der Waals surface area contributed by atoms with E-state index in [0.717, 1.165) is 25.9 Å². The normalized spacial score (nSPS) is 14.3. The molecule has 0 bridgehead atoms. The standard InChI is InChI=1S/C28H31N7O4/c1-34-11-9-16(10-12-34)17-7-8-21(22(13-17)39-3)32-28-31-15-20-24(36)23(26(30)37)25(29)35(27(20)33-28)18-5-4-6-19(14-18)38-2/h4-8,13-16H,9-12,29H2,1-3H3,(H2,30,37)(H,31,32,33). The molecule has 11 nitrogen and oxygen atoms in total. The maximum absolute atomic E-state index is 13.1. The molecule has 3 heterocycles. The minimum Gasteiger partial charge on any atom is -0.497 e. The van der Waals surface area contributed by atoms with Crippen molar-refractivity contribution in [3.63, 3.8) is 0 Å². The van der Waals surface area contributed by atoms with Gasteiger partial charge in [0.2, 0.25) is 11.4 Å². The molecule has 5 rings (SSSR count). The highest BCUT2D eigenvalue weighted by Gasteiger charge is 2.23. The van der Waals surface area contributed by atoms with E-state index in [-0.39, 0.29) is 28.4 Å². The Kier molecular flexibility index (Phi) is 7.07. The maximum Gasteiger partial charge on any atom is 0.256 e. The van der Waals surface area contributed by atoms with E-state index in [1.54, 1.807) is 31.4 Å². The number of nitrogens with zero attached hydrogens (tertiary/aromatic N) is 4. The fraction of sp³-hybridized carbons (Fsp3) is 0.286. The minimum absolute atomic E-state index is 0.0935. The third-order valence-corrected chi connectivity index (χ3v) is 7.17. The molecule has 2 aromatic carbocycles. The number of nitrogen functional groups attached to an aromatic ring is 1. The number of piperidine rings is 1. The first-order valence-corrected chi connectivity index (χ1v) is 12.6. The van der Waals surface area contributed by atoms with Gasteiger partial charge in [0.15, 0.2) is 5.65 Å². The zero-order chi connectivity index (χ0) is 27.7. The number of benzene rings is 2. The number of fused-ring (bicyclic) bond motifs is 1. The van der Waals surface area contributed by atoms with Gasteiger partial charge in [0, 0.05) is 12.3 Å². The molecule has 1 saturated heterocycles. The number of nitrogens with two attached hydrogens (primary N) is 2. The van der Waals surface area contributed by atoms with Crippen LogP contribution in [0.5, 0.6) is 11.5 Å². The molecular formula is C28H31N7O4. The number of carbonyl (C=O) groups excluding carboxylic acids is 1. The van der Waals surface area contributed by atoms with E-state index in [4.69, 9.17) is 20.9 Å². The molecule has 11 heteroatoms. The van der Waals surface area contributed by atoms with Crippen LogP contribution in [0, 0.1) is 0 Å².